The van der Waals surface area contributed by atoms with Crippen LogP contribution in [-0.2, 0) is 4.74 Å². The average molecular weight is 439 g/mol. The third-order valence-electron chi connectivity index (χ3n) is 5.27. The van der Waals surface area contributed by atoms with Gasteiger partial charge in [0.05, 0.1) is 30.4 Å². The minimum Gasteiger partial charge on any atom is -0.480 e. The molecule has 4 rings (SSSR count). The van der Waals surface area contributed by atoms with Crippen LogP contribution in [-0.4, -0.2) is 30.1 Å². The summed E-state index contributed by atoms with van der Waals surface area (Å²) in [5.74, 6) is -0.384. The molecule has 0 radical (unpaired) electrons. The Morgan fingerprint density at radius 3 is 2.27 bits per heavy atom. The zero-order valence-corrected chi connectivity index (χ0v) is 17.7. The summed E-state index contributed by atoms with van der Waals surface area (Å²) >= 11 is 0. The van der Waals surface area contributed by atoms with Gasteiger partial charge in [-0.1, -0.05) is 30.3 Å². The molecular weight excluding hydrogens is 422 g/mol. The van der Waals surface area contributed by atoms with Gasteiger partial charge >= 0.3 is 5.97 Å². The van der Waals surface area contributed by atoms with Crippen LogP contribution < -0.4 is 4.74 Å². The molecule has 0 N–H and O–H groups in total. The van der Waals surface area contributed by atoms with Crippen molar-refractivity contribution in [2.45, 2.75) is 0 Å². The van der Waals surface area contributed by atoms with E-state index in [1.54, 1.807) is 24.3 Å². The summed E-state index contributed by atoms with van der Waals surface area (Å²) < 4.78 is 10.3. The predicted octanol–water partition coefficient (Wildman–Crippen LogP) is 5.10. The van der Waals surface area contributed by atoms with Crippen LogP contribution in [0.5, 0.6) is 5.88 Å². The lowest BCUT2D eigenvalue weighted by Crippen LogP contribution is -2.00. The maximum atomic E-state index is 12.4. The lowest BCUT2D eigenvalue weighted by molar-refractivity contribution is -0.384. The Morgan fingerprint density at radius 2 is 1.67 bits per heavy atom. The van der Waals surface area contributed by atoms with Crippen molar-refractivity contribution >= 4 is 11.7 Å². The lowest BCUT2D eigenvalue weighted by Gasteiger charge is -2.12. The van der Waals surface area contributed by atoms with E-state index in [0.717, 1.165) is 5.56 Å². The van der Waals surface area contributed by atoms with Crippen LogP contribution in [0.15, 0.2) is 66.7 Å². The molecule has 1 aromatic heterocycles. The SMILES string of the molecule is COC(=O)c1cc(-c2cc(-c3ccc([N+](=O)[O-])cc3)nc(OC)c2C#N)c2cccccc1-2. The Hall–Kier alpha value is -4.77. The molecule has 8 nitrogen and oxygen atoms in total. The summed E-state index contributed by atoms with van der Waals surface area (Å²) in [5, 5.41) is 20.9. The average Bonchev–Trinajstić information content (AvgIpc) is 3.02. The molecule has 33 heavy (non-hydrogen) atoms. The number of esters is 1. The lowest BCUT2D eigenvalue weighted by atomic mass is 9.97. The molecule has 0 aliphatic heterocycles. The third kappa shape index (κ3) is 3.83. The number of nitriles is 1. The van der Waals surface area contributed by atoms with Crippen molar-refractivity contribution < 1.29 is 19.2 Å². The van der Waals surface area contributed by atoms with Gasteiger partial charge in [-0.05, 0) is 41.0 Å². The highest BCUT2D eigenvalue weighted by atomic mass is 16.6. The number of hydrogen-bond acceptors (Lipinski definition) is 7. The second-order valence-electron chi connectivity index (χ2n) is 7.06. The normalized spacial score (nSPS) is 10.5. The fourth-order valence-corrected chi connectivity index (χ4v) is 3.71. The topological polar surface area (TPSA) is 115 Å². The number of hydrogen-bond donors (Lipinski definition) is 0. The number of ether oxygens (including phenoxy) is 2. The van der Waals surface area contributed by atoms with Gasteiger partial charge < -0.3 is 9.47 Å². The molecule has 0 unspecified atom stereocenters. The molecule has 2 aromatic rings. The zero-order chi connectivity index (χ0) is 23.5. The summed E-state index contributed by atoms with van der Waals surface area (Å²) in [6.45, 7) is 0. The van der Waals surface area contributed by atoms with Crippen molar-refractivity contribution in [1.82, 2.24) is 4.98 Å². The number of aromatic nitrogens is 1. The first-order chi connectivity index (χ1) is 16.0. The van der Waals surface area contributed by atoms with Gasteiger partial charge in [-0.3, -0.25) is 10.1 Å². The number of non-ortho nitro benzene ring substituents is 1. The van der Waals surface area contributed by atoms with E-state index in [4.69, 9.17) is 9.47 Å². The van der Waals surface area contributed by atoms with E-state index in [1.807, 2.05) is 30.3 Å². The first-order valence-corrected chi connectivity index (χ1v) is 9.83. The van der Waals surface area contributed by atoms with Gasteiger partial charge in [0.1, 0.15) is 11.6 Å². The second-order valence-corrected chi connectivity index (χ2v) is 7.06. The molecule has 8 heteroatoms. The van der Waals surface area contributed by atoms with Gasteiger partial charge in [0.15, 0.2) is 0 Å². The highest BCUT2D eigenvalue weighted by Gasteiger charge is 2.25. The first kappa shape index (κ1) is 21.5. The van der Waals surface area contributed by atoms with Crippen molar-refractivity contribution in [2.75, 3.05) is 14.2 Å². The minimum absolute atomic E-state index is 0.0446. The fourth-order valence-electron chi connectivity index (χ4n) is 3.71. The van der Waals surface area contributed by atoms with E-state index >= 15 is 0 Å². The van der Waals surface area contributed by atoms with Crippen LogP contribution in [0.3, 0.4) is 0 Å². The van der Waals surface area contributed by atoms with Crippen molar-refractivity contribution in [1.29, 1.82) is 5.26 Å². The number of nitro benzene ring substituents is 1. The molecule has 2 aliphatic carbocycles. The number of carbonyl (C=O) groups excluding carboxylic acids is 1. The van der Waals surface area contributed by atoms with Crippen LogP contribution in [0.25, 0.3) is 33.5 Å². The number of rotatable bonds is 5. The monoisotopic (exact) mass is 439 g/mol. The highest BCUT2D eigenvalue weighted by Crippen LogP contribution is 2.42. The Kier molecular flexibility index (Phi) is 5.70. The Labute approximate surface area is 189 Å². The van der Waals surface area contributed by atoms with E-state index in [0.29, 0.717) is 33.5 Å². The van der Waals surface area contributed by atoms with Crippen LogP contribution in [0.2, 0.25) is 0 Å². The van der Waals surface area contributed by atoms with E-state index in [1.165, 1.54) is 26.4 Å². The van der Waals surface area contributed by atoms with Crippen LogP contribution in [0.4, 0.5) is 5.69 Å². The molecule has 0 saturated carbocycles. The Morgan fingerprint density at radius 1 is 0.970 bits per heavy atom. The molecule has 1 aromatic carbocycles. The fraction of sp³-hybridized carbons (Fsp3) is 0.0800. The van der Waals surface area contributed by atoms with Gasteiger partial charge in [0.2, 0.25) is 5.88 Å². The quantitative estimate of drug-likeness (QED) is 0.241. The van der Waals surface area contributed by atoms with Crippen LogP contribution >= 0.6 is 0 Å². The van der Waals surface area contributed by atoms with Gasteiger partial charge in [0, 0.05) is 23.3 Å². The minimum atomic E-state index is -0.493. The largest absolute Gasteiger partial charge is 0.480 e. The molecule has 0 fully saturated rings. The van der Waals surface area contributed by atoms with Gasteiger partial charge in [-0.2, -0.15) is 5.26 Å². The molecule has 0 saturated heterocycles. The molecule has 2 aliphatic rings. The van der Waals surface area contributed by atoms with Gasteiger partial charge in [0.25, 0.3) is 5.69 Å². The highest BCUT2D eigenvalue weighted by molar-refractivity contribution is 6.05. The Bertz CT molecular complexity index is 1390. The number of methoxy groups -OCH3 is 2. The Balaban J connectivity index is 1.99. The maximum absolute atomic E-state index is 12.4. The molecule has 0 spiro atoms. The first-order valence-electron chi connectivity index (χ1n) is 9.83. The summed E-state index contributed by atoms with van der Waals surface area (Å²) in [4.78, 5) is 27.4. The van der Waals surface area contributed by atoms with Gasteiger partial charge in [-0.15, -0.1) is 0 Å². The molecule has 0 atom stereocenters. The summed E-state index contributed by atoms with van der Waals surface area (Å²) in [6.07, 6.45) is 0. The number of nitrogens with zero attached hydrogens (tertiary/aromatic N) is 3. The molecule has 0 amide bonds. The van der Waals surface area contributed by atoms with Crippen molar-refractivity contribution in [3.05, 3.63) is 88.0 Å². The van der Waals surface area contributed by atoms with E-state index < -0.39 is 10.9 Å². The smallest absolute Gasteiger partial charge is 0.338 e. The molecular formula is C25H17N3O5. The van der Waals surface area contributed by atoms with Crippen molar-refractivity contribution in [2.24, 2.45) is 0 Å². The predicted molar refractivity (Wildman–Crippen MR) is 121 cm³/mol. The van der Waals surface area contributed by atoms with E-state index in [-0.39, 0.29) is 17.1 Å². The zero-order valence-electron chi connectivity index (χ0n) is 17.7. The summed E-state index contributed by atoms with van der Waals surface area (Å²) in [5.41, 5.74) is 4.19. The number of carbonyl (C=O) groups is 1. The number of pyridine rings is 1. The second kappa shape index (κ2) is 8.77. The van der Waals surface area contributed by atoms with Gasteiger partial charge in [-0.25, -0.2) is 9.78 Å². The summed E-state index contributed by atoms with van der Waals surface area (Å²) in [6, 6.07) is 20.6. The summed E-state index contributed by atoms with van der Waals surface area (Å²) in [7, 11) is 2.72. The van der Waals surface area contributed by atoms with E-state index in [9.17, 15) is 20.2 Å². The maximum Gasteiger partial charge on any atom is 0.338 e. The number of fused-ring (bicyclic) bond motifs is 1. The number of benzene rings is 1. The molecule has 162 valence electrons. The molecule has 0 bridgehead atoms. The van der Waals surface area contributed by atoms with Crippen LogP contribution in [0, 0.1) is 21.4 Å². The standard InChI is InChI=1S/C25H17N3O5/c1-32-24-22(14-26)20(13-23(27-24)15-8-10-16(11-9-15)28(30)31)19-12-21(25(29)33-2)18-7-5-3-4-6-17(18)19/h3-13H,1-2H3. The van der Waals surface area contributed by atoms with Crippen molar-refractivity contribution in [3.63, 3.8) is 0 Å². The number of nitro groups is 1. The third-order valence-corrected chi connectivity index (χ3v) is 5.27. The van der Waals surface area contributed by atoms with Crippen LogP contribution in [0.1, 0.15) is 15.9 Å². The van der Waals surface area contributed by atoms with E-state index in [2.05, 4.69) is 11.1 Å². The van der Waals surface area contributed by atoms with Crippen molar-refractivity contribution in [3.8, 4) is 45.5 Å². The molecule has 1 heterocycles.